The van der Waals surface area contributed by atoms with Gasteiger partial charge in [-0.3, -0.25) is 33.7 Å². The van der Waals surface area contributed by atoms with Crippen LogP contribution in [0.1, 0.15) is 91.9 Å². The van der Waals surface area contributed by atoms with Gasteiger partial charge in [0.25, 0.3) is 0 Å². The number of nitrogens with one attached hydrogen (secondary N) is 5. The highest BCUT2D eigenvalue weighted by Crippen LogP contribution is 2.32. The number of aliphatic hydroxyl groups excluding tert-OH is 16. The summed E-state index contributed by atoms with van der Waals surface area (Å²) >= 11 is 0. The van der Waals surface area contributed by atoms with Crippen LogP contribution in [-0.2, 0) is 76.1 Å². The van der Waals surface area contributed by atoms with Gasteiger partial charge in [-0.1, -0.05) is 6.42 Å². The maximum absolute atomic E-state index is 12.7. The van der Waals surface area contributed by atoms with Crippen molar-refractivity contribution in [3.05, 3.63) is 0 Å². The van der Waals surface area contributed by atoms with Gasteiger partial charge in [0.05, 0.1) is 71.5 Å². The van der Waals surface area contributed by atoms with E-state index in [2.05, 4.69) is 26.6 Å². The van der Waals surface area contributed by atoms with Gasteiger partial charge in [-0.25, -0.2) is 0 Å². The Morgan fingerprint density at radius 1 is 0.361 bits per heavy atom. The minimum atomic E-state index is -1.87. The van der Waals surface area contributed by atoms with Crippen LogP contribution >= 0.6 is 0 Å². The molecule has 0 bridgehead atoms. The molecule has 0 radical (unpaired) electrons. The van der Waals surface area contributed by atoms with Crippen LogP contribution in [-0.4, -0.2) is 367 Å². The summed E-state index contributed by atoms with van der Waals surface area (Å²) in [6.45, 7) is 4.67. The number of Topliss-reactive ketones (excluding diaryl/α,β-unsaturated/α-hetero) is 1. The van der Waals surface area contributed by atoms with Gasteiger partial charge in [-0.2, -0.15) is 0 Å². The Labute approximate surface area is 560 Å². The van der Waals surface area contributed by atoms with Gasteiger partial charge < -0.3 is 156 Å². The number of hydrogen-bond donors (Lipinski definition) is 21. The molecular formula is C59H106N6O32. The van der Waals surface area contributed by atoms with Crippen molar-refractivity contribution >= 4 is 35.3 Å². The van der Waals surface area contributed by atoms with Crippen LogP contribution < -0.4 is 26.6 Å². The molecule has 0 saturated carbocycles. The third-order valence-electron chi connectivity index (χ3n) is 16.3. The quantitative estimate of drug-likeness (QED) is 0.0254. The van der Waals surface area contributed by atoms with Crippen molar-refractivity contribution in [1.82, 2.24) is 31.5 Å². The van der Waals surface area contributed by atoms with Gasteiger partial charge in [-0.05, 0) is 59.8 Å². The van der Waals surface area contributed by atoms with E-state index in [-0.39, 0.29) is 89.4 Å². The fourth-order valence-electron chi connectivity index (χ4n) is 10.6. The average molecular weight is 1410 g/mol. The van der Waals surface area contributed by atoms with E-state index in [0.717, 1.165) is 6.42 Å². The van der Waals surface area contributed by atoms with Crippen LogP contribution in [0.3, 0.4) is 0 Å². The molecule has 5 heterocycles. The molecule has 25 atom stereocenters. The molecule has 0 spiro atoms. The van der Waals surface area contributed by atoms with Gasteiger partial charge in [0.15, 0.2) is 31.5 Å². The molecule has 5 amide bonds. The molecule has 5 aliphatic heterocycles. The maximum Gasteiger partial charge on any atom is 0.234 e. The highest BCUT2D eigenvalue weighted by molar-refractivity contribution is 5.84. The van der Waals surface area contributed by atoms with Crippen molar-refractivity contribution in [3.63, 3.8) is 0 Å². The Hall–Kier alpha value is -4.06. The fourth-order valence-corrected chi connectivity index (χ4v) is 10.6. The largest absolute Gasteiger partial charge is 0.394 e. The molecule has 5 fully saturated rings. The predicted molar refractivity (Wildman–Crippen MR) is 326 cm³/mol. The fraction of sp³-hybridized carbons (Fsp3) is 0.898. The van der Waals surface area contributed by atoms with Crippen molar-refractivity contribution in [2.75, 3.05) is 92.0 Å². The lowest BCUT2D eigenvalue weighted by Crippen LogP contribution is -2.65. The first-order valence-electron chi connectivity index (χ1n) is 32.8. The van der Waals surface area contributed by atoms with E-state index < -0.39 is 191 Å². The molecule has 5 rings (SSSR count). The maximum atomic E-state index is 12.7. The molecule has 21 N–H and O–H groups in total. The predicted octanol–water partition coefficient (Wildman–Crippen LogP) is -10.5. The Kier molecular flexibility index (Phi) is 39.0. The van der Waals surface area contributed by atoms with Crippen LogP contribution in [0.2, 0.25) is 0 Å². The number of nitrogens with zero attached hydrogens (tertiary/aromatic N) is 1. The Bertz CT molecular complexity index is 2250. The second-order valence-electron chi connectivity index (χ2n) is 24.1. The first-order chi connectivity index (χ1) is 46.1. The Balaban J connectivity index is 0.000000412. The summed E-state index contributed by atoms with van der Waals surface area (Å²) < 4.78 is 54.7. The van der Waals surface area contributed by atoms with Crippen molar-refractivity contribution in [2.24, 2.45) is 0 Å². The van der Waals surface area contributed by atoms with Crippen molar-refractivity contribution in [3.8, 4) is 0 Å². The van der Waals surface area contributed by atoms with E-state index in [1.165, 1.54) is 18.7 Å². The number of ether oxygens (including phenoxy) is 10. The Morgan fingerprint density at radius 2 is 0.742 bits per heavy atom. The minimum Gasteiger partial charge on any atom is -0.394 e. The molecule has 0 aromatic rings. The van der Waals surface area contributed by atoms with E-state index in [1.807, 2.05) is 13.8 Å². The second-order valence-corrected chi connectivity index (χ2v) is 24.1. The zero-order valence-corrected chi connectivity index (χ0v) is 55.0. The van der Waals surface area contributed by atoms with Gasteiger partial charge >= 0.3 is 0 Å². The highest BCUT2D eigenvalue weighted by Gasteiger charge is 2.53. The molecule has 0 aromatic heterocycles. The molecular weight excluding hydrogens is 1300 g/mol. The summed E-state index contributed by atoms with van der Waals surface area (Å²) in [7, 11) is 0. The molecule has 5 saturated heterocycles. The van der Waals surface area contributed by atoms with Crippen LogP contribution in [0.4, 0.5) is 0 Å². The van der Waals surface area contributed by atoms with Gasteiger partial charge in [0, 0.05) is 58.4 Å². The number of carbonyl (C=O) groups excluding carboxylic acids is 6. The third kappa shape index (κ3) is 27.7. The number of ketones is 1. The lowest BCUT2D eigenvalue weighted by atomic mass is 9.96. The van der Waals surface area contributed by atoms with E-state index in [0.29, 0.717) is 58.2 Å². The SMILES string of the molecule is CCNC(=O)CCCCC(=O)CCCO[C@H]1O[C@H](CO[C@H]2O[C@H](CO)[C@@H](O)[C@H](O)[C@@H]2O)[C@@H](O)[C@H](O[C@H]2O[C@H](CO)[C@@H](O)[C@H](O)[C@@H]2O)[C@@H]1O.CCNC(=O)CCCCCNC(=O)CN(CC(=O)NCCO[C@@H]1O[C@@H](C)[C@@H](O)[C@@H](O)[C@@H]1O)CC(=O)NCCO[C@@H]1O[C@@H](C)[C@@H](O)[C@@H](O)[C@@H]1O. The molecule has 0 aromatic carbocycles. The number of unbranched alkanes of at least 4 members (excludes halogenated alkanes) is 3. The summed E-state index contributed by atoms with van der Waals surface area (Å²) in [6.07, 6.45) is -32.8. The van der Waals surface area contributed by atoms with Gasteiger partial charge in [-0.15, -0.1) is 0 Å². The van der Waals surface area contributed by atoms with Crippen molar-refractivity contribution < 1.29 is 158 Å². The molecule has 38 nitrogen and oxygen atoms in total. The summed E-state index contributed by atoms with van der Waals surface area (Å²) in [5.41, 5.74) is 0. The number of amides is 5. The van der Waals surface area contributed by atoms with E-state index in [9.17, 15) is 110 Å². The van der Waals surface area contributed by atoms with Crippen LogP contribution in [0.5, 0.6) is 0 Å². The van der Waals surface area contributed by atoms with Gasteiger partial charge in [0.2, 0.25) is 29.5 Å². The van der Waals surface area contributed by atoms with Crippen LogP contribution in [0.25, 0.3) is 0 Å². The molecule has 564 valence electrons. The molecule has 0 aliphatic carbocycles. The summed E-state index contributed by atoms with van der Waals surface area (Å²) in [5, 5.41) is 175. The number of rotatable bonds is 39. The van der Waals surface area contributed by atoms with E-state index >= 15 is 0 Å². The standard InChI is InChI=1S/C30H55N5O14.C29H51NO18/c1-4-31-19(36)8-6-5-7-9-32-20(37)14-35(15-21(38)33-10-12-46-29-27(44)25(42)23(40)17(2)48-29)16-22(39)34-11-13-47-30-28(45)26(43)24(41)18(3)49-30;1-2-30-17(34)8-4-3-6-13(33)7-5-9-43-28-25(42)26(48-29-24(41)22(39)19(36)15(11-32)46-29)20(37)16(47-28)12-44-27-23(40)21(38)18(35)14(10-31)45-27/h17-18,23-30,40-45H,4-16H2,1-3H3,(H,31,36)(H,32,37)(H,33,38)(H,34,39);14-16,18-29,31-32,35-42H,2-12H2,1H3,(H,30,34)/t17-,18-,23+,24+,25+,26+,27-,28-,29+,30+;14-,15-,16-,18-,19-,20-,21+,22+,23+,24+,25+,26+,27+,28+,29-/m01/s1. The highest BCUT2D eigenvalue weighted by atomic mass is 16.8. The lowest BCUT2D eigenvalue weighted by molar-refractivity contribution is -0.366. The summed E-state index contributed by atoms with van der Waals surface area (Å²) in [5.74, 6) is -1.68. The lowest BCUT2D eigenvalue weighted by Gasteiger charge is -2.46. The van der Waals surface area contributed by atoms with E-state index in [4.69, 9.17) is 47.4 Å². The van der Waals surface area contributed by atoms with Crippen molar-refractivity contribution in [1.29, 1.82) is 0 Å². The minimum absolute atomic E-state index is 0.0295. The zero-order chi connectivity index (χ0) is 72.1. The monoisotopic (exact) mass is 1410 g/mol. The number of hydrogen-bond acceptors (Lipinski definition) is 33. The zero-order valence-electron chi connectivity index (χ0n) is 55.0. The molecule has 0 unspecified atom stereocenters. The summed E-state index contributed by atoms with van der Waals surface area (Å²) in [6, 6.07) is 0. The topological polar surface area (TPSA) is 582 Å². The molecule has 5 aliphatic rings. The Morgan fingerprint density at radius 3 is 1.22 bits per heavy atom. The smallest absolute Gasteiger partial charge is 0.234 e. The number of carbonyl (C=O) groups is 6. The van der Waals surface area contributed by atoms with Crippen LogP contribution in [0.15, 0.2) is 0 Å². The van der Waals surface area contributed by atoms with E-state index in [1.54, 1.807) is 0 Å². The van der Waals surface area contributed by atoms with Crippen molar-refractivity contribution in [2.45, 2.75) is 245 Å². The molecule has 97 heavy (non-hydrogen) atoms. The first-order valence-corrected chi connectivity index (χ1v) is 32.8. The third-order valence-corrected chi connectivity index (χ3v) is 16.3. The van der Waals surface area contributed by atoms with Crippen LogP contribution in [0, 0.1) is 0 Å². The number of aliphatic hydroxyl groups is 16. The molecule has 38 heteroatoms. The summed E-state index contributed by atoms with van der Waals surface area (Å²) in [4.78, 5) is 74.8. The van der Waals surface area contributed by atoms with Gasteiger partial charge in [0.1, 0.15) is 116 Å². The normalized spacial score (nSPS) is 35.2. The second kappa shape index (κ2) is 44.3. The first kappa shape index (κ1) is 85.4. The average Bonchev–Trinajstić information content (AvgIpc) is 0.801.